The fraction of sp³-hybridized carbons (Fsp3) is 0.762. The molecule has 1 heterocycles. The van der Waals surface area contributed by atoms with Gasteiger partial charge < -0.3 is 10.2 Å². The van der Waals surface area contributed by atoms with Gasteiger partial charge in [0.25, 0.3) is 0 Å². The average molecular weight is 385 g/mol. The second-order valence-corrected chi connectivity index (χ2v) is 8.92. The molecule has 1 fully saturated rings. The molecule has 1 N–H and O–H groups in total. The SMILES string of the molecule is CC(C)CCN[C@@H](C(=O)N1CCC(C2=CCC(Cl)C(F)=C2)CC1)C(C)C. The Morgan fingerprint density at radius 1 is 1.31 bits per heavy atom. The van der Waals surface area contributed by atoms with Gasteiger partial charge in [0, 0.05) is 13.1 Å². The lowest BCUT2D eigenvalue weighted by molar-refractivity contribution is -0.135. The molecule has 148 valence electrons. The summed E-state index contributed by atoms with van der Waals surface area (Å²) in [6, 6.07) is -0.117. The first-order chi connectivity index (χ1) is 12.3. The molecule has 0 bridgehead atoms. The summed E-state index contributed by atoms with van der Waals surface area (Å²) in [5, 5.41) is 2.95. The molecule has 1 aliphatic heterocycles. The van der Waals surface area contributed by atoms with Crippen LogP contribution in [-0.2, 0) is 4.79 Å². The van der Waals surface area contributed by atoms with E-state index in [0.717, 1.165) is 44.5 Å². The number of nitrogens with zero attached hydrogens (tertiary/aromatic N) is 1. The van der Waals surface area contributed by atoms with Gasteiger partial charge in [0.2, 0.25) is 5.91 Å². The third kappa shape index (κ3) is 5.82. The smallest absolute Gasteiger partial charge is 0.239 e. The standard InChI is InChI=1S/C21H34ClFN2O/c1-14(2)7-10-24-20(15(3)4)21(26)25-11-8-16(9-12-25)17-5-6-18(22)19(23)13-17/h5,13-16,18,20,24H,6-12H2,1-4H3/t18?,20-/m1/s1. The van der Waals surface area contributed by atoms with Crippen LogP contribution in [0.25, 0.3) is 0 Å². The minimum atomic E-state index is -0.510. The van der Waals surface area contributed by atoms with E-state index < -0.39 is 5.38 Å². The first kappa shape index (κ1) is 21.4. The number of hydrogen-bond acceptors (Lipinski definition) is 2. The molecule has 2 rings (SSSR count). The van der Waals surface area contributed by atoms with Crippen molar-refractivity contribution in [3.63, 3.8) is 0 Å². The molecule has 0 aromatic heterocycles. The van der Waals surface area contributed by atoms with Crippen molar-refractivity contribution in [3.8, 4) is 0 Å². The normalized spacial score (nSPS) is 23.2. The molecular formula is C21H34ClFN2O. The molecular weight excluding hydrogens is 351 g/mol. The molecule has 0 saturated carbocycles. The van der Waals surface area contributed by atoms with Crippen molar-refractivity contribution < 1.29 is 9.18 Å². The quantitative estimate of drug-likeness (QED) is 0.646. The highest BCUT2D eigenvalue weighted by Gasteiger charge is 2.31. The number of carbonyl (C=O) groups is 1. The Morgan fingerprint density at radius 3 is 2.50 bits per heavy atom. The summed E-state index contributed by atoms with van der Waals surface area (Å²) in [6.07, 6.45) is 7.09. The van der Waals surface area contributed by atoms with Crippen LogP contribution in [0, 0.1) is 17.8 Å². The number of amides is 1. The summed E-state index contributed by atoms with van der Waals surface area (Å²) in [5.41, 5.74) is 1.06. The fourth-order valence-corrected chi connectivity index (χ4v) is 3.86. The van der Waals surface area contributed by atoms with Gasteiger partial charge in [-0.3, -0.25) is 4.79 Å². The number of rotatable bonds is 7. The summed E-state index contributed by atoms with van der Waals surface area (Å²) in [4.78, 5) is 14.9. The van der Waals surface area contributed by atoms with Gasteiger partial charge in [0.15, 0.2) is 0 Å². The molecule has 1 saturated heterocycles. The number of alkyl halides is 1. The van der Waals surface area contributed by atoms with Crippen LogP contribution < -0.4 is 5.32 Å². The number of hydrogen-bond donors (Lipinski definition) is 1. The van der Waals surface area contributed by atoms with E-state index in [1.165, 1.54) is 0 Å². The molecule has 26 heavy (non-hydrogen) atoms. The molecule has 3 nitrogen and oxygen atoms in total. The highest BCUT2D eigenvalue weighted by atomic mass is 35.5. The van der Waals surface area contributed by atoms with Crippen molar-refractivity contribution in [2.45, 2.75) is 64.8 Å². The molecule has 1 amide bonds. The Labute approximate surface area is 163 Å². The van der Waals surface area contributed by atoms with Crippen molar-refractivity contribution in [3.05, 3.63) is 23.6 Å². The van der Waals surface area contributed by atoms with Crippen LogP contribution >= 0.6 is 11.6 Å². The highest BCUT2D eigenvalue weighted by Crippen LogP contribution is 2.32. The molecule has 0 spiro atoms. The Balaban J connectivity index is 1.88. The third-order valence-corrected chi connectivity index (χ3v) is 5.85. The lowest BCUT2D eigenvalue weighted by atomic mass is 9.85. The minimum Gasteiger partial charge on any atom is -0.341 e. The predicted molar refractivity (Wildman–Crippen MR) is 107 cm³/mol. The van der Waals surface area contributed by atoms with Gasteiger partial charge in [0.05, 0.1) is 11.4 Å². The Bertz CT molecular complexity index is 536. The van der Waals surface area contributed by atoms with E-state index in [0.29, 0.717) is 18.3 Å². The first-order valence-corrected chi connectivity index (χ1v) is 10.5. The van der Waals surface area contributed by atoms with E-state index in [1.807, 2.05) is 4.90 Å². The zero-order valence-corrected chi connectivity index (χ0v) is 17.4. The summed E-state index contributed by atoms with van der Waals surface area (Å²) in [6.45, 7) is 11.0. The summed E-state index contributed by atoms with van der Waals surface area (Å²) >= 11 is 5.91. The van der Waals surface area contributed by atoms with E-state index in [9.17, 15) is 9.18 Å². The Hall–Kier alpha value is -0.870. The van der Waals surface area contributed by atoms with E-state index in [2.05, 4.69) is 39.1 Å². The van der Waals surface area contributed by atoms with Crippen molar-refractivity contribution in [1.82, 2.24) is 10.2 Å². The maximum atomic E-state index is 13.8. The zero-order chi connectivity index (χ0) is 19.3. The molecule has 1 aliphatic carbocycles. The van der Waals surface area contributed by atoms with Crippen molar-refractivity contribution >= 4 is 17.5 Å². The summed E-state index contributed by atoms with van der Waals surface area (Å²) < 4.78 is 13.8. The molecule has 2 aliphatic rings. The van der Waals surface area contributed by atoms with Gasteiger partial charge in [-0.25, -0.2) is 4.39 Å². The first-order valence-electron chi connectivity index (χ1n) is 10.0. The third-order valence-electron chi connectivity index (χ3n) is 5.46. The lowest BCUT2D eigenvalue weighted by Gasteiger charge is -2.36. The van der Waals surface area contributed by atoms with Crippen molar-refractivity contribution in [1.29, 1.82) is 0 Å². The monoisotopic (exact) mass is 384 g/mol. The van der Waals surface area contributed by atoms with Crippen LogP contribution in [-0.4, -0.2) is 41.9 Å². The average Bonchev–Trinajstić information content (AvgIpc) is 2.60. The van der Waals surface area contributed by atoms with Gasteiger partial charge in [0.1, 0.15) is 5.83 Å². The number of halogens is 2. The summed E-state index contributed by atoms with van der Waals surface area (Å²) in [7, 11) is 0. The van der Waals surface area contributed by atoms with Crippen LogP contribution in [0.15, 0.2) is 23.6 Å². The van der Waals surface area contributed by atoms with Gasteiger partial charge in [-0.15, -0.1) is 11.6 Å². The number of piperidine rings is 1. The molecule has 0 aromatic carbocycles. The molecule has 2 atom stereocenters. The van der Waals surface area contributed by atoms with E-state index in [1.54, 1.807) is 6.08 Å². The van der Waals surface area contributed by atoms with Crippen molar-refractivity contribution in [2.75, 3.05) is 19.6 Å². The molecule has 0 radical (unpaired) electrons. The summed E-state index contributed by atoms with van der Waals surface area (Å²) in [5.74, 6) is 1.22. The number of allylic oxidation sites excluding steroid dienone is 4. The van der Waals surface area contributed by atoms with Gasteiger partial charge in [-0.1, -0.05) is 33.8 Å². The predicted octanol–water partition coefficient (Wildman–Crippen LogP) is 4.68. The van der Waals surface area contributed by atoms with Crippen LogP contribution in [0.2, 0.25) is 0 Å². The van der Waals surface area contributed by atoms with Crippen molar-refractivity contribution in [2.24, 2.45) is 17.8 Å². The number of likely N-dealkylation sites (tertiary alicyclic amines) is 1. The largest absolute Gasteiger partial charge is 0.341 e. The maximum absolute atomic E-state index is 13.8. The molecule has 5 heteroatoms. The van der Waals surface area contributed by atoms with E-state index in [-0.39, 0.29) is 23.7 Å². The second kappa shape index (κ2) is 9.89. The van der Waals surface area contributed by atoms with Crippen LogP contribution in [0.3, 0.4) is 0 Å². The zero-order valence-electron chi connectivity index (χ0n) is 16.6. The molecule has 0 aromatic rings. The van der Waals surface area contributed by atoms with E-state index in [4.69, 9.17) is 11.6 Å². The van der Waals surface area contributed by atoms with Crippen LogP contribution in [0.5, 0.6) is 0 Å². The molecule has 1 unspecified atom stereocenters. The lowest BCUT2D eigenvalue weighted by Crippen LogP contribution is -2.51. The number of carbonyl (C=O) groups excluding carboxylic acids is 1. The Kier molecular flexibility index (Phi) is 8.15. The topological polar surface area (TPSA) is 32.3 Å². The van der Waals surface area contributed by atoms with E-state index >= 15 is 0 Å². The highest BCUT2D eigenvalue weighted by molar-refractivity contribution is 6.22. The minimum absolute atomic E-state index is 0.117. The second-order valence-electron chi connectivity index (χ2n) is 8.39. The van der Waals surface area contributed by atoms with Gasteiger partial charge in [-0.2, -0.15) is 0 Å². The number of nitrogens with one attached hydrogen (secondary N) is 1. The van der Waals surface area contributed by atoms with Crippen LogP contribution in [0.4, 0.5) is 4.39 Å². The van der Waals surface area contributed by atoms with Crippen LogP contribution in [0.1, 0.15) is 53.4 Å². The fourth-order valence-electron chi connectivity index (χ4n) is 3.71. The Morgan fingerprint density at radius 2 is 1.96 bits per heavy atom. The maximum Gasteiger partial charge on any atom is 0.239 e. The van der Waals surface area contributed by atoms with Gasteiger partial charge >= 0.3 is 0 Å². The van der Waals surface area contributed by atoms with Gasteiger partial charge in [-0.05, 0) is 61.6 Å².